The van der Waals surface area contributed by atoms with Gasteiger partial charge in [-0.05, 0) is 19.1 Å². The summed E-state index contributed by atoms with van der Waals surface area (Å²) in [7, 11) is 0. The molecule has 19 heavy (non-hydrogen) atoms. The number of H-pyrrole nitrogens is 1. The van der Waals surface area contributed by atoms with E-state index < -0.39 is 0 Å². The van der Waals surface area contributed by atoms with Gasteiger partial charge in [-0.25, -0.2) is 0 Å². The third-order valence-electron chi connectivity index (χ3n) is 3.46. The molecular formula is C14H15N3O2. The molecule has 3 rings (SSSR count). The van der Waals surface area contributed by atoms with E-state index in [-0.39, 0.29) is 16.9 Å². The van der Waals surface area contributed by atoms with Gasteiger partial charge in [0.15, 0.2) is 5.43 Å². The minimum absolute atomic E-state index is 0.200. The maximum absolute atomic E-state index is 12.4. The van der Waals surface area contributed by atoms with E-state index in [1.54, 1.807) is 11.8 Å². The van der Waals surface area contributed by atoms with E-state index in [4.69, 9.17) is 0 Å². The van der Waals surface area contributed by atoms with Crippen LogP contribution in [0.1, 0.15) is 21.7 Å². The third kappa shape index (κ3) is 2.07. The zero-order valence-electron chi connectivity index (χ0n) is 10.7. The highest BCUT2D eigenvalue weighted by atomic mass is 16.2. The minimum Gasteiger partial charge on any atom is -0.364 e. The smallest absolute Gasteiger partial charge is 0.259 e. The molecule has 3 heterocycles. The molecule has 98 valence electrons. The van der Waals surface area contributed by atoms with Crippen LogP contribution in [0.5, 0.6) is 0 Å². The van der Waals surface area contributed by atoms with Crippen molar-refractivity contribution in [3.8, 4) is 0 Å². The molecule has 0 saturated carbocycles. The van der Waals surface area contributed by atoms with Crippen LogP contribution in [0.25, 0.3) is 0 Å². The number of aromatic nitrogens is 2. The Balaban J connectivity index is 1.87. The highest BCUT2D eigenvalue weighted by Gasteiger charge is 2.22. The number of carbonyl (C=O) groups is 1. The highest BCUT2D eigenvalue weighted by Crippen LogP contribution is 2.14. The van der Waals surface area contributed by atoms with Crippen LogP contribution in [-0.4, -0.2) is 26.9 Å². The van der Waals surface area contributed by atoms with Crippen LogP contribution in [0, 0.1) is 6.92 Å². The van der Waals surface area contributed by atoms with Crippen molar-refractivity contribution in [2.75, 3.05) is 6.54 Å². The van der Waals surface area contributed by atoms with Crippen LogP contribution >= 0.6 is 0 Å². The largest absolute Gasteiger partial charge is 0.364 e. The number of pyridine rings is 1. The Hall–Kier alpha value is -2.30. The van der Waals surface area contributed by atoms with Gasteiger partial charge >= 0.3 is 0 Å². The Morgan fingerprint density at radius 2 is 2.21 bits per heavy atom. The molecule has 0 spiro atoms. The monoisotopic (exact) mass is 257 g/mol. The van der Waals surface area contributed by atoms with Crippen molar-refractivity contribution in [2.45, 2.75) is 20.0 Å². The predicted octanol–water partition coefficient (Wildman–Crippen LogP) is 1.14. The number of fused-ring (bicyclic) bond motifs is 1. The van der Waals surface area contributed by atoms with Gasteiger partial charge in [-0.15, -0.1) is 0 Å². The van der Waals surface area contributed by atoms with Gasteiger partial charge in [0.2, 0.25) is 0 Å². The lowest BCUT2D eigenvalue weighted by molar-refractivity contribution is 0.0709. The fraction of sp³-hybridized carbons (Fsp3) is 0.286. The molecule has 5 heteroatoms. The van der Waals surface area contributed by atoms with Gasteiger partial charge in [-0.3, -0.25) is 9.59 Å². The Labute approximate surface area is 110 Å². The van der Waals surface area contributed by atoms with Gasteiger partial charge in [-0.2, -0.15) is 0 Å². The average molecular weight is 257 g/mol. The van der Waals surface area contributed by atoms with Crippen LogP contribution in [0.2, 0.25) is 0 Å². The molecule has 0 saturated heterocycles. The minimum atomic E-state index is -0.220. The SMILES string of the molecule is Cc1cc(=O)c(C(=O)N2CCn3cccc3C2)c[nH]1. The summed E-state index contributed by atoms with van der Waals surface area (Å²) in [5.74, 6) is -0.200. The molecule has 2 aromatic heterocycles. The summed E-state index contributed by atoms with van der Waals surface area (Å²) in [4.78, 5) is 28.8. The first-order valence-electron chi connectivity index (χ1n) is 6.28. The molecule has 0 aliphatic carbocycles. The van der Waals surface area contributed by atoms with E-state index in [0.717, 1.165) is 17.9 Å². The van der Waals surface area contributed by atoms with Crippen molar-refractivity contribution >= 4 is 5.91 Å². The summed E-state index contributed by atoms with van der Waals surface area (Å²) in [6, 6.07) is 5.43. The summed E-state index contributed by atoms with van der Waals surface area (Å²) in [5.41, 5.74) is 1.85. The molecule has 0 fully saturated rings. The second-order valence-electron chi connectivity index (χ2n) is 4.81. The summed E-state index contributed by atoms with van der Waals surface area (Å²) in [6.07, 6.45) is 3.52. The summed E-state index contributed by atoms with van der Waals surface area (Å²) in [6.45, 7) is 3.76. The van der Waals surface area contributed by atoms with Gasteiger partial charge in [0.05, 0.1) is 6.54 Å². The number of hydrogen-bond donors (Lipinski definition) is 1. The van der Waals surface area contributed by atoms with E-state index >= 15 is 0 Å². The van der Waals surface area contributed by atoms with Crippen molar-refractivity contribution in [2.24, 2.45) is 0 Å². The Bertz CT molecular complexity index is 684. The Morgan fingerprint density at radius 3 is 3.00 bits per heavy atom. The lowest BCUT2D eigenvalue weighted by Crippen LogP contribution is -2.39. The Kier molecular flexibility index (Phi) is 2.74. The summed E-state index contributed by atoms with van der Waals surface area (Å²) >= 11 is 0. The first-order valence-corrected chi connectivity index (χ1v) is 6.28. The van der Waals surface area contributed by atoms with Gasteiger partial charge in [0.25, 0.3) is 5.91 Å². The second kappa shape index (κ2) is 4.42. The molecule has 5 nitrogen and oxygen atoms in total. The van der Waals surface area contributed by atoms with E-state index in [1.165, 1.54) is 12.3 Å². The van der Waals surface area contributed by atoms with Crippen LogP contribution in [0.4, 0.5) is 0 Å². The molecule has 1 amide bonds. The van der Waals surface area contributed by atoms with E-state index in [2.05, 4.69) is 9.55 Å². The number of amides is 1. The first-order chi connectivity index (χ1) is 9.15. The normalized spacial score (nSPS) is 14.3. The maximum atomic E-state index is 12.4. The quantitative estimate of drug-likeness (QED) is 0.833. The maximum Gasteiger partial charge on any atom is 0.259 e. The Morgan fingerprint density at radius 1 is 1.37 bits per heavy atom. The molecule has 0 atom stereocenters. The molecule has 1 aliphatic rings. The van der Waals surface area contributed by atoms with Crippen molar-refractivity contribution in [3.05, 3.63) is 57.8 Å². The number of nitrogens with zero attached hydrogens (tertiary/aromatic N) is 2. The van der Waals surface area contributed by atoms with E-state index in [1.807, 2.05) is 18.3 Å². The number of carbonyl (C=O) groups excluding carboxylic acids is 1. The first kappa shape index (κ1) is 11.8. The molecule has 1 N–H and O–H groups in total. The molecule has 1 aliphatic heterocycles. The van der Waals surface area contributed by atoms with Crippen molar-refractivity contribution in [1.29, 1.82) is 0 Å². The van der Waals surface area contributed by atoms with Gasteiger partial charge < -0.3 is 14.5 Å². The lowest BCUT2D eigenvalue weighted by atomic mass is 10.2. The molecule has 0 bridgehead atoms. The number of aryl methyl sites for hydroxylation is 1. The molecular weight excluding hydrogens is 242 g/mol. The summed E-state index contributed by atoms with van der Waals surface area (Å²) in [5, 5.41) is 0. The zero-order valence-corrected chi connectivity index (χ0v) is 10.7. The number of hydrogen-bond acceptors (Lipinski definition) is 2. The van der Waals surface area contributed by atoms with Crippen molar-refractivity contribution < 1.29 is 4.79 Å². The average Bonchev–Trinajstić information content (AvgIpc) is 2.85. The van der Waals surface area contributed by atoms with E-state index in [9.17, 15) is 9.59 Å². The van der Waals surface area contributed by atoms with Gasteiger partial charge in [0, 0.05) is 42.9 Å². The van der Waals surface area contributed by atoms with E-state index in [0.29, 0.717) is 13.1 Å². The second-order valence-corrected chi connectivity index (χ2v) is 4.81. The van der Waals surface area contributed by atoms with Crippen molar-refractivity contribution in [3.63, 3.8) is 0 Å². The fourth-order valence-corrected chi connectivity index (χ4v) is 2.40. The van der Waals surface area contributed by atoms with Crippen LogP contribution in [0.15, 0.2) is 35.4 Å². The predicted molar refractivity (Wildman–Crippen MR) is 71.0 cm³/mol. The van der Waals surface area contributed by atoms with Crippen molar-refractivity contribution in [1.82, 2.24) is 14.5 Å². The van der Waals surface area contributed by atoms with Crippen LogP contribution < -0.4 is 5.43 Å². The number of nitrogens with one attached hydrogen (secondary N) is 1. The number of aromatic amines is 1. The third-order valence-corrected chi connectivity index (χ3v) is 3.46. The lowest BCUT2D eigenvalue weighted by Gasteiger charge is -2.28. The van der Waals surface area contributed by atoms with Gasteiger partial charge in [-0.1, -0.05) is 0 Å². The van der Waals surface area contributed by atoms with Gasteiger partial charge in [0.1, 0.15) is 5.56 Å². The molecule has 0 aromatic carbocycles. The fourth-order valence-electron chi connectivity index (χ4n) is 2.40. The highest BCUT2D eigenvalue weighted by molar-refractivity contribution is 5.93. The molecule has 0 radical (unpaired) electrons. The topological polar surface area (TPSA) is 58.1 Å². The van der Waals surface area contributed by atoms with Crippen LogP contribution in [0.3, 0.4) is 0 Å². The standard InChI is InChI=1S/C14H15N3O2/c1-10-7-13(18)12(8-15-10)14(19)17-6-5-16-4-2-3-11(16)9-17/h2-4,7-8H,5-6,9H2,1H3,(H,15,18). The molecule has 0 unspecified atom stereocenters. The van der Waals surface area contributed by atoms with Crippen LogP contribution in [-0.2, 0) is 13.1 Å². The summed E-state index contributed by atoms with van der Waals surface area (Å²) < 4.78 is 2.13. The molecule has 2 aromatic rings. The number of rotatable bonds is 1. The zero-order chi connectivity index (χ0) is 13.4.